The molecule has 2 rings (SSSR count). The summed E-state index contributed by atoms with van der Waals surface area (Å²) in [6, 6.07) is 11.4. The Balaban J connectivity index is 1.70. The van der Waals surface area contributed by atoms with Crippen molar-refractivity contribution in [3.63, 3.8) is 0 Å². The lowest BCUT2D eigenvalue weighted by atomic mass is 10.1. The van der Waals surface area contributed by atoms with Gasteiger partial charge in [0.15, 0.2) is 0 Å². The molecule has 0 saturated carbocycles. The molecule has 0 aromatic heterocycles. The highest BCUT2D eigenvalue weighted by atomic mass is 16.5. The molecular weight excluding hydrogens is 316 g/mol. The second-order valence-electron chi connectivity index (χ2n) is 6.08. The minimum atomic E-state index is -0.0312. The van der Waals surface area contributed by atoms with Crippen LogP contribution in [-0.2, 0) is 4.79 Å². The van der Waals surface area contributed by atoms with E-state index in [1.54, 1.807) is 25.3 Å². The fraction of sp³-hybridized carbons (Fsp3) is 0.350. The van der Waals surface area contributed by atoms with Crippen LogP contribution < -0.4 is 20.5 Å². The van der Waals surface area contributed by atoms with Crippen molar-refractivity contribution in [3.05, 3.63) is 47.5 Å². The van der Waals surface area contributed by atoms with Gasteiger partial charge in [0.2, 0.25) is 5.91 Å². The fourth-order valence-electron chi connectivity index (χ4n) is 2.47. The smallest absolute Gasteiger partial charge is 0.224 e. The van der Waals surface area contributed by atoms with E-state index in [0.717, 1.165) is 24.2 Å². The number of hydrogen-bond donors (Lipinski definition) is 2. The minimum absolute atomic E-state index is 0.0312. The lowest BCUT2D eigenvalue weighted by Crippen LogP contribution is -2.12. The van der Waals surface area contributed by atoms with Gasteiger partial charge >= 0.3 is 0 Å². The number of carbonyl (C=O) groups excluding carboxylic acids is 1. The third-order valence-corrected chi connectivity index (χ3v) is 3.91. The number of ether oxygens (including phenoxy) is 2. The molecule has 0 atom stereocenters. The second kappa shape index (κ2) is 8.97. The van der Waals surface area contributed by atoms with Crippen molar-refractivity contribution in [1.29, 1.82) is 0 Å². The molecule has 0 radical (unpaired) electrons. The van der Waals surface area contributed by atoms with Gasteiger partial charge in [-0.15, -0.1) is 0 Å². The number of unbranched alkanes of at least 4 members (excludes halogenated alkanes) is 1. The van der Waals surface area contributed by atoms with Crippen molar-refractivity contribution in [2.24, 2.45) is 0 Å². The Hall–Kier alpha value is -2.69. The van der Waals surface area contributed by atoms with E-state index in [1.165, 1.54) is 5.56 Å². The summed E-state index contributed by atoms with van der Waals surface area (Å²) in [6.07, 6.45) is 2.04. The van der Waals surface area contributed by atoms with Gasteiger partial charge in [0, 0.05) is 12.1 Å². The van der Waals surface area contributed by atoms with Gasteiger partial charge in [0.25, 0.3) is 0 Å². The van der Waals surface area contributed by atoms with Gasteiger partial charge in [0.05, 0.1) is 19.4 Å². The van der Waals surface area contributed by atoms with Gasteiger partial charge in [-0.25, -0.2) is 0 Å². The van der Waals surface area contributed by atoms with Crippen molar-refractivity contribution in [1.82, 2.24) is 0 Å². The normalized spacial score (nSPS) is 10.4. The third kappa shape index (κ3) is 5.71. The lowest BCUT2D eigenvalue weighted by Gasteiger charge is -2.10. The van der Waals surface area contributed by atoms with Gasteiger partial charge in [-0.3, -0.25) is 4.79 Å². The van der Waals surface area contributed by atoms with Crippen LogP contribution in [0.15, 0.2) is 36.4 Å². The molecule has 0 fully saturated rings. The maximum absolute atomic E-state index is 12.0. The van der Waals surface area contributed by atoms with Crippen LogP contribution in [0.4, 0.5) is 11.4 Å². The fourth-order valence-corrected chi connectivity index (χ4v) is 2.47. The number of methoxy groups -OCH3 is 1. The Kier molecular flexibility index (Phi) is 6.69. The van der Waals surface area contributed by atoms with Crippen molar-refractivity contribution in [2.45, 2.75) is 33.1 Å². The highest BCUT2D eigenvalue weighted by Gasteiger charge is 2.06. The van der Waals surface area contributed by atoms with Crippen molar-refractivity contribution < 1.29 is 14.3 Å². The number of nitrogens with two attached hydrogens (primary N) is 1. The predicted molar refractivity (Wildman–Crippen MR) is 101 cm³/mol. The van der Waals surface area contributed by atoms with Crippen molar-refractivity contribution in [3.8, 4) is 11.5 Å². The summed E-state index contributed by atoms with van der Waals surface area (Å²) in [5.41, 5.74) is 9.32. The SMILES string of the molecule is COc1ccc(NC(=O)CCCCOc2cc(C)ccc2C)cc1N. The average Bonchev–Trinajstić information content (AvgIpc) is 2.57. The molecule has 0 aliphatic carbocycles. The topological polar surface area (TPSA) is 73.6 Å². The molecule has 0 bridgehead atoms. The molecular formula is C20H26N2O3. The number of nitrogens with one attached hydrogen (secondary N) is 1. The molecule has 134 valence electrons. The van der Waals surface area contributed by atoms with Crippen LogP contribution in [0.25, 0.3) is 0 Å². The molecule has 0 unspecified atom stereocenters. The first-order chi connectivity index (χ1) is 12.0. The van der Waals surface area contributed by atoms with Crippen molar-refractivity contribution in [2.75, 3.05) is 24.8 Å². The summed E-state index contributed by atoms with van der Waals surface area (Å²) < 4.78 is 10.9. The number of amides is 1. The van der Waals surface area contributed by atoms with Gasteiger partial charge in [0.1, 0.15) is 11.5 Å². The van der Waals surface area contributed by atoms with E-state index < -0.39 is 0 Å². The van der Waals surface area contributed by atoms with Crippen molar-refractivity contribution >= 4 is 17.3 Å². The first-order valence-electron chi connectivity index (χ1n) is 8.43. The number of carbonyl (C=O) groups is 1. The van der Waals surface area contributed by atoms with E-state index >= 15 is 0 Å². The van der Waals surface area contributed by atoms with Crippen LogP contribution in [0, 0.1) is 13.8 Å². The van der Waals surface area contributed by atoms with E-state index in [-0.39, 0.29) is 5.91 Å². The molecule has 2 aromatic carbocycles. The summed E-state index contributed by atoms with van der Waals surface area (Å²) in [7, 11) is 1.56. The highest BCUT2D eigenvalue weighted by molar-refractivity contribution is 5.91. The van der Waals surface area contributed by atoms with Crippen LogP contribution in [0.2, 0.25) is 0 Å². The third-order valence-electron chi connectivity index (χ3n) is 3.91. The second-order valence-corrected chi connectivity index (χ2v) is 6.08. The Morgan fingerprint density at radius 2 is 1.88 bits per heavy atom. The van der Waals surface area contributed by atoms with Crippen LogP contribution in [0.3, 0.4) is 0 Å². The largest absolute Gasteiger partial charge is 0.495 e. The Labute approximate surface area is 149 Å². The molecule has 1 amide bonds. The number of nitrogen functional groups attached to an aromatic ring is 1. The monoisotopic (exact) mass is 342 g/mol. The van der Waals surface area contributed by atoms with Gasteiger partial charge < -0.3 is 20.5 Å². The standard InChI is InChI=1S/C20H26N2O3/c1-14-7-8-15(2)19(12-14)25-11-5-4-6-20(23)22-16-9-10-18(24-3)17(21)13-16/h7-10,12-13H,4-6,11,21H2,1-3H3,(H,22,23). The summed E-state index contributed by atoms with van der Waals surface area (Å²) in [5, 5.41) is 2.84. The van der Waals surface area contributed by atoms with Gasteiger partial charge in [-0.05, 0) is 62.1 Å². The van der Waals surface area contributed by atoms with Gasteiger partial charge in [-0.1, -0.05) is 12.1 Å². The van der Waals surface area contributed by atoms with E-state index in [4.69, 9.17) is 15.2 Å². The number of hydrogen-bond acceptors (Lipinski definition) is 4. The van der Waals surface area contributed by atoms with Crippen LogP contribution >= 0.6 is 0 Å². The molecule has 0 spiro atoms. The average molecular weight is 342 g/mol. The zero-order valence-corrected chi connectivity index (χ0v) is 15.1. The summed E-state index contributed by atoms with van der Waals surface area (Å²) in [6.45, 7) is 4.68. The quantitative estimate of drug-likeness (QED) is 0.560. The van der Waals surface area contributed by atoms with E-state index in [1.807, 2.05) is 19.9 Å². The first kappa shape index (κ1) is 18.6. The maximum Gasteiger partial charge on any atom is 0.224 e. The molecule has 0 aliphatic heterocycles. The maximum atomic E-state index is 12.0. The first-order valence-corrected chi connectivity index (χ1v) is 8.43. The highest BCUT2D eigenvalue weighted by Crippen LogP contribution is 2.24. The number of benzene rings is 2. The van der Waals surface area contributed by atoms with Crippen LogP contribution in [0.5, 0.6) is 11.5 Å². The summed E-state index contributed by atoms with van der Waals surface area (Å²) in [4.78, 5) is 12.0. The summed E-state index contributed by atoms with van der Waals surface area (Å²) in [5.74, 6) is 1.48. The molecule has 0 saturated heterocycles. The predicted octanol–water partition coefficient (Wildman–Crippen LogP) is 4.08. The molecule has 25 heavy (non-hydrogen) atoms. The van der Waals surface area contributed by atoms with E-state index in [2.05, 4.69) is 17.4 Å². The molecule has 0 aliphatic rings. The molecule has 5 heteroatoms. The summed E-state index contributed by atoms with van der Waals surface area (Å²) >= 11 is 0. The molecule has 2 aromatic rings. The Bertz CT molecular complexity index is 729. The zero-order chi connectivity index (χ0) is 18.2. The zero-order valence-electron chi connectivity index (χ0n) is 15.1. The Morgan fingerprint density at radius 3 is 2.60 bits per heavy atom. The number of rotatable bonds is 8. The number of aryl methyl sites for hydroxylation is 2. The molecule has 5 nitrogen and oxygen atoms in total. The van der Waals surface area contributed by atoms with E-state index in [9.17, 15) is 4.79 Å². The minimum Gasteiger partial charge on any atom is -0.495 e. The molecule has 3 N–H and O–H groups in total. The van der Waals surface area contributed by atoms with Gasteiger partial charge in [-0.2, -0.15) is 0 Å². The van der Waals surface area contributed by atoms with Crippen LogP contribution in [-0.4, -0.2) is 19.6 Å². The lowest BCUT2D eigenvalue weighted by molar-refractivity contribution is -0.116. The van der Waals surface area contributed by atoms with Crippen LogP contribution in [0.1, 0.15) is 30.4 Å². The Morgan fingerprint density at radius 1 is 1.08 bits per heavy atom. The number of anilines is 2. The van der Waals surface area contributed by atoms with E-state index in [0.29, 0.717) is 30.2 Å². The molecule has 0 heterocycles.